The number of hydrogen-bond acceptors (Lipinski definition) is 4. The number of rotatable bonds is 11. The molecular formula is C44H79NO2S. The van der Waals surface area contributed by atoms with Crippen LogP contribution >= 0.6 is 11.9 Å². The van der Waals surface area contributed by atoms with E-state index in [2.05, 4.69) is 77.5 Å². The van der Waals surface area contributed by atoms with Crippen molar-refractivity contribution in [1.29, 1.82) is 0 Å². The number of fused-ring (bicyclic) bond motifs is 5. The highest BCUT2D eigenvalue weighted by atomic mass is 32.2. The SMILES string of the molecule is CC.CC=O.CCCCC(CC)c1ccc(SNC)cc1.CCCCC1CCC2(C)C3C[C@H](CC)C4C[C@H](O)CCC4(C)C3CCC12C. The molecule has 1 aromatic rings. The van der Waals surface area contributed by atoms with Gasteiger partial charge in [0.25, 0.3) is 0 Å². The van der Waals surface area contributed by atoms with Crippen molar-refractivity contribution in [2.24, 2.45) is 45.8 Å². The van der Waals surface area contributed by atoms with Crippen LogP contribution in [0.4, 0.5) is 0 Å². The van der Waals surface area contributed by atoms with Gasteiger partial charge in [-0.2, -0.15) is 0 Å². The van der Waals surface area contributed by atoms with Crippen LogP contribution in [0.2, 0.25) is 0 Å². The van der Waals surface area contributed by atoms with Gasteiger partial charge in [0.15, 0.2) is 0 Å². The predicted octanol–water partition coefficient (Wildman–Crippen LogP) is 13.1. The first kappa shape index (κ1) is 43.3. The van der Waals surface area contributed by atoms with Crippen LogP contribution in [-0.4, -0.2) is 24.5 Å². The first-order valence-electron chi connectivity index (χ1n) is 20.5. The number of aldehydes is 1. The number of unbranched alkanes of at least 4 members (excludes halogenated alkanes) is 2. The molecule has 5 rings (SSSR count). The zero-order chi connectivity index (χ0) is 36.0. The molecule has 0 radical (unpaired) electrons. The minimum absolute atomic E-state index is 0.0250. The molecule has 0 amide bonds. The summed E-state index contributed by atoms with van der Waals surface area (Å²) in [7, 11) is 1.95. The first-order chi connectivity index (χ1) is 23.0. The summed E-state index contributed by atoms with van der Waals surface area (Å²) in [5.41, 5.74) is 3.14. The predicted molar refractivity (Wildman–Crippen MR) is 212 cm³/mol. The third-order valence-corrected chi connectivity index (χ3v) is 15.0. The average Bonchev–Trinajstić information content (AvgIpc) is 3.36. The summed E-state index contributed by atoms with van der Waals surface area (Å²) in [6, 6.07) is 8.99. The number of carbonyl (C=O) groups is 1. The molecule has 2 N–H and O–H groups in total. The van der Waals surface area contributed by atoms with Crippen molar-refractivity contribution in [2.75, 3.05) is 7.05 Å². The van der Waals surface area contributed by atoms with Crippen molar-refractivity contribution in [3.63, 3.8) is 0 Å². The number of carbonyl (C=O) groups excluding carboxylic acids is 1. The van der Waals surface area contributed by atoms with Crippen molar-refractivity contribution in [2.45, 2.75) is 189 Å². The highest BCUT2D eigenvalue weighted by molar-refractivity contribution is 7.97. The van der Waals surface area contributed by atoms with Gasteiger partial charge in [0.2, 0.25) is 0 Å². The minimum Gasteiger partial charge on any atom is -0.393 e. The standard InChI is InChI=1S/C26H46O.C14H23NS.C2H4O.C2H6/c1-6-8-9-19-10-14-26(5)23-16-18(7-2)22-17-20(27)11-13-24(22,3)21(23)12-15-25(19,26)4;1-4-6-7-12(5-2)13-8-10-14(11-9-13)16-15-3;1-2-3;1-2/h18-23,27H,6-17H2,1-5H3;8-12,15H,4-7H2,1-3H3;2H,1H3;1-2H3/t18-,19?,20+,21?,22?,23?,24?,25?,26?;;;/m0.../s1. The molecule has 0 saturated heterocycles. The number of hydrogen-bond donors (Lipinski definition) is 2. The monoisotopic (exact) mass is 686 g/mol. The van der Waals surface area contributed by atoms with Crippen molar-refractivity contribution >= 4 is 18.2 Å². The van der Waals surface area contributed by atoms with E-state index in [1.54, 1.807) is 11.9 Å². The normalized spacial score (nSPS) is 35.5. The molecule has 8 unspecified atom stereocenters. The fraction of sp³-hybridized carbons (Fsp3) is 0.841. The van der Waals surface area contributed by atoms with Crippen molar-refractivity contribution < 1.29 is 9.90 Å². The number of nitrogens with one attached hydrogen (secondary N) is 1. The number of aliphatic hydroxyl groups excluding tert-OH is 1. The zero-order valence-corrected chi connectivity index (χ0v) is 34.3. The summed E-state index contributed by atoms with van der Waals surface area (Å²) in [5, 5.41) is 10.4. The smallest absolute Gasteiger partial charge is 0.116 e. The van der Waals surface area contributed by atoms with Gasteiger partial charge < -0.3 is 9.90 Å². The topological polar surface area (TPSA) is 49.3 Å². The average molecular weight is 686 g/mol. The summed E-state index contributed by atoms with van der Waals surface area (Å²) in [6.07, 6.45) is 22.3. The van der Waals surface area contributed by atoms with Crippen molar-refractivity contribution in [3.8, 4) is 0 Å². The largest absolute Gasteiger partial charge is 0.393 e. The van der Waals surface area contributed by atoms with E-state index in [1.165, 1.54) is 107 Å². The zero-order valence-electron chi connectivity index (χ0n) is 33.5. The van der Waals surface area contributed by atoms with Crippen LogP contribution in [0.15, 0.2) is 29.2 Å². The second kappa shape index (κ2) is 20.9. The highest BCUT2D eigenvalue weighted by Crippen LogP contribution is 2.74. The van der Waals surface area contributed by atoms with E-state index >= 15 is 0 Å². The van der Waals surface area contributed by atoms with E-state index in [4.69, 9.17) is 4.79 Å². The Morgan fingerprint density at radius 1 is 0.875 bits per heavy atom. The van der Waals surface area contributed by atoms with Crippen LogP contribution in [0.1, 0.15) is 183 Å². The minimum atomic E-state index is -0.0250. The van der Waals surface area contributed by atoms with E-state index in [0.29, 0.717) is 16.2 Å². The Morgan fingerprint density at radius 3 is 2.06 bits per heavy atom. The molecule has 0 aromatic heterocycles. The fourth-order valence-corrected chi connectivity index (χ4v) is 11.8. The molecule has 4 fully saturated rings. The van der Waals surface area contributed by atoms with Gasteiger partial charge in [0.1, 0.15) is 6.29 Å². The van der Waals surface area contributed by atoms with Gasteiger partial charge in [-0.3, -0.25) is 4.72 Å². The van der Waals surface area contributed by atoms with Gasteiger partial charge in [-0.05, 0) is 166 Å². The lowest BCUT2D eigenvalue weighted by Crippen LogP contribution is -2.59. The molecule has 278 valence electrons. The quantitative estimate of drug-likeness (QED) is 0.180. The highest BCUT2D eigenvalue weighted by Gasteiger charge is 2.66. The lowest BCUT2D eigenvalue weighted by Gasteiger charge is -2.66. The molecular weight excluding hydrogens is 607 g/mol. The summed E-state index contributed by atoms with van der Waals surface area (Å²) in [4.78, 5) is 10.1. The van der Waals surface area contributed by atoms with Crippen LogP contribution in [0.5, 0.6) is 0 Å². The maximum atomic E-state index is 10.4. The Labute approximate surface area is 303 Å². The van der Waals surface area contributed by atoms with E-state index in [1.807, 2.05) is 20.9 Å². The van der Waals surface area contributed by atoms with E-state index in [-0.39, 0.29) is 6.10 Å². The van der Waals surface area contributed by atoms with Gasteiger partial charge >= 0.3 is 0 Å². The third kappa shape index (κ3) is 9.73. The molecule has 4 heteroatoms. The van der Waals surface area contributed by atoms with Crippen molar-refractivity contribution in [1.82, 2.24) is 4.72 Å². The molecule has 0 heterocycles. The van der Waals surface area contributed by atoms with E-state index in [0.717, 1.165) is 54.6 Å². The van der Waals surface area contributed by atoms with Crippen LogP contribution in [0.3, 0.4) is 0 Å². The van der Waals surface area contributed by atoms with Gasteiger partial charge in [0, 0.05) is 4.90 Å². The first-order valence-corrected chi connectivity index (χ1v) is 21.4. The Balaban J connectivity index is 0.000000326. The molecule has 0 spiro atoms. The fourth-order valence-electron chi connectivity index (χ4n) is 11.3. The van der Waals surface area contributed by atoms with Gasteiger partial charge in [-0.15, -0.1) is 0 Å². The third-order valence-electron chi connectivity index (χ3n) is 14.3. The summed E-state index contributed by atoms with van der Waals surface area (Å²) < 4.78 is 3.10. The molecule has 4 saturated carbocycles. The number of aliphatic hydroxyl groups is 1. The van der Waals surface area contributed by atoms with Crippen LogP contribution in [-0.2, 0) is 4.79 Å². The molecule has 0 aliphatic heterocycles. The lowest BCUT2D eigenvalue weighted by molar-refractivity contribution is -0.182. The second-order valence-corrected chi connectivity index (χ2v) is 17.4. The summed E-state index contributed by atoms with van der Waals surface area (Å²) in [5.74, 6) is 5.19. The molecule has 1 aromatic carbocycles. The number of benzene rings is 1. The summed E-state index contributed by atoms with van der Waals surface area (Å²) >= 11 is 1.67. The maximum absolute atomic E-state index is 10.4. The maximum Gasteiger partial charge on any atom is 0.116 e. The van der Waals surface area contributed by atoms with Crippen LogP contribution < -0.4 is 4.72 Å². The second-order valence-electron chi connectivity index (χ2n) is 16.3. The molecule has 0 bridgehead atoms. The molecule has 4 aliphatic carbocycles. The van der Waals surface area contributed by atoms with Crippen molar-refractivity contribution in [3.05, 3.63) is 29.8 Å². The van der Waals surface area contributed by atoms with Gasteiger partial charge in [-0.25, -0.2) is 0 Å². The Morgan fingerprint density at radius 2 is 1.50 bits per heavy atom. The lowest BCUT2D eigenvalue weighted by atomic mass is 9.39. The van der Waals surface area contributed by atoms with E-state index in [9.17, 15) is 5.11 Å². The molecule has 4 aliphatic rings. The Bertz CT molecular complexity index is 1030. The molecule has 48 heavy (non-hydrogen) atoms. The Kier molecular flexibility index (Phi) is 18.8. The van der Waals surface area contributed by atoms with Gasteiger partial charge in [0.05, 0.1) is 6.10 Å². The molecule has 3 nitrogen and oxygen atoms in total. The van der Waals surface area contributed by atoms with E-state index < -0.39 is 0 Å². The van der Waals surface area contributed by atoms with Crippen LogP contribution in [0.25, 0.3) is 0 Å². The Hall–Kier alpha value is -0.840. The van der Waals surface area contributed by atoms with Gasteiger partial charge in [-0.1, -0.05) is 107 Å². The summed E-state index contributed by atoms with van der Waals surface area (Å²) in [6.45, 7) is 22.9. The molecule has 10 atom stereocenters. The van der Waals surface area contributed by atoms with Crippen LogP contribution in [0, 0.1) is 45.8 Å².